The largest absolute Gasteiger partial charge is 0.387 e. The van der Waals surface area contributed by atoms with Crippen LogP contribution in [0.4, 0.5) is 0 Å². The van der Waals surface area contributed by atoms with Gasteiger partial charge >= 0.3 is 0 Å². The van der Waals surface area contributed by atoms with Crippen molar-refractivity contribution in [3.63, 3.8) is 0 Å². The van der Waals surface area contributed by atoms with Crippen LogP contribution in [0.2, 0.25) is 5.02 Å². The van der Waals surface area contributed by atoms with Crippen molar-refractivity contribution in [3.05, 3.63) is 77.5 Å². The summed E-state index contributed by atoms with van der Waals surface area (Å²) in [6, 6.07) is 10.2. The molecule has 0 fully saturated rings. The van der Waals surface area contributed by atoms with E-state index in [4.69, 9.17) is 11.6 Å². The molecule has 0 aliphatic carbocycles. The molecule has 1 amide bonds. The minimum Gasteiger partial charge on any atom is -0.387 e. The number of carbonyl (C=O) groups excluding carboxylic acids is 1. The lowest BCUT2D eigenvalue weighted by Crippen LogP contribution is -2.28. The Morgan fingerprint density at radius 2 is 2.04 bits per heavy atom. The maximum Gasteiger partial charge on any atom is 0.252 e. The molecule has 122 valence electrons. The number of rotatable bonds is 5. The molecule has 2 N–H and O–H groups in total. The molecule has 3 rings (SSSR count). The number of halogens is 1. The first kappa shape index (κ1) is 16.2. The molecule has 7 heteroatoms. The van der Waals surface area contributed by atoms with Gasteiger partial charge in [-0.15, -0.1) is 0 Å². The summed E-state index contributed by atoms with van der Waals surface area (Å²) in [6.07, 6.45) is 5.74. The summed E-state index contributed by atoms with van der Waals surface area (Å²) in [7, 11) is 0. The van der Waals surface area contributed by atoms with Crippen LogP contribution in [0, 0.1) is 0 Å². The zero-order valence-corrected chi connectivity index (χ0v) is 13.4. The topological polar surface area (TPSA) is 80.0 Å². The Morgan fingerprint density at radius 1 is 1.25 bits per heavy atom. The van der Waals surface area contributed by atoms with Gasteiger partial charge in [-0.2, -0.15) is 0 Å². The smallest absolute Gasteiger partial charge is 0.252 e. The second kappa shape index (κ2) is 7.25. The van der Waals surface area contributed by atoms with Crippen molar-refractivity contribution in [1.82, 2.24) is 19.9 Å². The zero-order chi connectivity index (χ0) is 16.9. The molecule has 3 aromatic rings. The molecule has 2 heterocycles. The highest BCUT2D eigenvalue weighted by Gasteiger charge is 2.11. The molecule has 1 atom stereocenters. The number of nitrogens with one attached hydrogen (secondary N) is 1. The first-order chi connectivity index (χ1) is 11.6. The van der Waals surface area contributed by atoms with Crippen LogP contribution in [-0.4, -0.2) is 32.1 Å². The Morgan fingerprint density at radius 3 is 2.67 bits per heavy atom. The van der Waals surface area contributed by atoms with Gasteiger partial charge in [0.15, 0.2) is 0 Å². The summed E-state index contributed by atoms with van der Waals surface area (Å²) < 4.78 is 1.74. The van der Waals surface area contributed by atoms with E-state index in [1.54, 1.807) is 59.7 Å². The molecule has 24 heavy (non-hydrogen) atoms. The van der Waals surface area contributed by atoms with Gasteiger partial charge in [0.2, 0.25) is 0 Å². The Balaban J connectivity index is 1.59. The molecule has 1 aromatic carbocycles. The van der Waals surface area contributed by atoms with Crippen molar-refractivity contribution >= 4 is 17.5 Å². The lowest BCUT2D eigenvalue weighted by atomic mass is 10.1. The van der Waals surface area contributed by atoms with Crippen molar-refractivity contribution < 1.29 is 9.90 Å². The second-order valence-electron chi connectivity index (χ2n) is 5.15. The Labute approximate surface area is 143 Å². The molecular formula is C17H15ClN4O2. The third-order valence-corrected chi connectivity index (χ3v) is 3.74. The lowest BCUT2D eigenvalue weighted by Gasteiger charge is -2.12. The number of amides is 1. The van der Waals surface area contributed by atoms with Gasteiger partial charge in [0.1, 0.15) is 12.1 Å². The fourth-order valence-electron chi connectivity index (χ4n) is 2.16. The van der Waals surface area contributed by atoms with E-state index >= 15 is 0 Å². The van der Waals surface area contributed by atoms with Crippen molar-refractivity contribution in [1.29, 1.82) is 0 Å². The summed E-state index contributed by atoms with van der Waals surface area (Å²) in [4.78, 5) is 20.3. The molecule has 0 saturated carbocycles. The van der Waals surface area contributed by atoms with E-state index in [0.717, 1.165) is 0 Å². The summed E-state index contributed by atoms with van der Waals surface area (Å²) in [5.41, 5.74) is 1.11. The van der Waals surface area contributed by atoms with Crippen LogP contribution in [0.25, 0.3) is 5.82 Å². The monoisotopic (exact) mass is 342 g/mol. The van der Waals surface area contributed by atoms with Gasteiger partial charge < -0.3 is 10.4 Å². The highest BCUT2D eigenvalue weighted by molar-refractivity contribution is 6.30. The van der Waals surface area contributed by atoms with Gasteiger partial charge in [-0.05, 0) is 29.8 Å². The molecule has 1 unspecified atom stereocenters. The van der Waals surface area contributed by atoms with Crippen LogP contribution in [0.5, 0.6) is 0 Å². The highest BCUT2D eigenvalue weighted by Crippen LogP contribution is 2.16. The third-order valence-electron chi connectivity index (χ3n) is 3.49. The highest BCUT2D eigenvalue weighted by atomic mass is 35.5. The van der Waals surface area contributed by atoms with Gasteiger partial charge in [-0.3, -0.25) is 9.36 Å². The van der Waals surface area contributed by atoms with Gasteiger partial charge in [-0.25, -0.2) is 9.97 Å². The number of benzene rings is 1. The van der Waals surface area contributed by atoms with Crippen LogP contribution >= 0.6 is 11.6 Å². The number of carbonyl (C=O) groups is 1. The van der Waals surface area contributed by atoms with Crippen LogP contribution in [0.1, 0.15) is 22.0 Å². The van der Waals surface area contributed by atoms with E-state index in [9.17, 15) is 9.90 Å². The fourth-order valence-corrected chi connectivity index (χ4v) is 2.29. The zero-order valence-electron chi connectivity index (χ0n) is 12.6. The number of nitrogens with zero attached hydrogens (tertiary/aromatic N) is 3. The van der Waals surface area contributed by atoms with E-state index in [1.807, 2.05) is 0 Å². The number of imidazole rings is 1. The first-order valence-electron chi connectivity index (χ1n) is 7.29. The van der Waals surface area contributed by atoms with E-state index in [0.29, 0.717) is 22.0 Å². The van der Waals surface area contributed by atoms with Crippen LogP contribution < -0.4 is 5.32 Å². The number of aliphatic hydroxyl groups excluding tert-OH is 1. The summed E-state index contributed by atoms with van der Waals surface area (Å²) in [6.45, 7) is 0.101. The fraction of sp³-hybridized carbons (Fsp3) is 0.118. The molecule has 0 radical (unpaired) electrons. The van der Waals surface area contributed by atoms with Crippen LogP contribution in [0.15, 0.2) is 61.3 Å². The maximum atomic E-state index is 12.1. The van der Waals surface area contributed by atoms with E-state index in [1.165, 1.54) is 6.20 Å². The number of hydrogen-bond acceptors (Lipinski definition) is 4. The Bertz CT molecular complexity index is 802. The van der Waals surface area contributed by atoms with E-state index in [2.05, 4.69) is 15.3 Å². The second-order valence-corrected chi connectivity index (χ2v) is 5.59. The van der Waals surface area contributed by atoms with Gasteiger partial charge in [0, 0.05) is 30.2 Å². The van der Waals surface area contributed by atoms with Gasteiger partial charge in [-0.1, -0.05) is 23.7 Å². The molecule has 0 bridgehead atoms. The first-order valence-corrected chi connectivity index (χ1v) is 7.67. The molecule has 0 spiro atoms. The summed E-state index contributed by atoms with van der Waals surface area (Å²) >= 11 is 5.81. The minimum atomic E-state index is -0.801. The minimum absolute atomic E-state index is 0.101. The average Bonchev–Trinajstić information content (AvgIpc) is 3.15. The molecule has 2 aromatic heterocycles. The van der Waals surface area contributed by atoms with Crippen LogP contribution in [-0.2, 0) is 0 Å². The summed E-state index contributed by atoms with van der Waals surface area (Å²) in [5.74, 6) is 0.373. The molecule has 0 aliphatic heterocycles. The molecule has 0 aliphatic rings. The lowest BCUT2D eigenvalue weighted by molar-refractivity contribution is 0.0916. The van der Waals surface area contributed by atoms with Crippen molar-refractivity contribution in [3.8, 4) is 5.82 Å². The van der Waals surface area contributed by atoms with Crippen molar-refractivity contribution in [2.24, 2.45) is 0 Å². The Hall–Kier alpha value is -2.70. The normalized spacial score (nSPS) is 11.9. The summed E-state index contributed by atoms with van der Waals surface area (Å²) in [5, 5.41) is 13.4. The number of aromatic nitrogens is 3. The quantitative estimate of drug-likeness (QED) is 0.746. The number of hydrogen-bond donors (Lipinski definition) is 2. The third kappa shape index (κ3) is 3.79. The molecule has 6 nitrogen and oxygen atoms in total. The average molecular weight is 343 g/mol. The molecular weight excluding hydrogens is 328 g/mol. The SMILES string of the molecule is O=C(NCC(O)c1ccc(Cl)cc1)c1ccc(-n2ccnc2)nc1. The Kier molecular flexibility index (Phi) is 4.88. The standard InChI is InChI=1S/C17H15ClN4O2/c18-14-4-1-12(2-5-14)15(23)10-21-17(24)13-3-6-16(20-9-13)22-8-7-19-11-22/h1-9,11,15,23H,10H2,(H,21,24). The maximum absolute atomic E-state index is 12.1. The predicted molar refractivity (Wildman–Crippen MR) is 90.1 cm³/mol. The van der Waals surface area contributed by atoms with Crippen molar-refractivity contribution in [2.75, 3.05) is 6.54 Å². The number of aliphatic hydroxyl groups is 1. The molecule has 0 saturated heterocycles. The van der Waals surface area contributed by atoms with Gasteiger partial charge in [0.05, 0.1) is 11.7 Å². The predicted octanol–water partition coefficient (Wildman–Crippen LogP) is 2.38. The van der Waals surface area contributed by atoms with E-state index in [-0.39, 0.29) is 12.5 Å². The van der Waals surface area contributed by atoms with Crippen molar-refractivity contribution in [2.45, 2.75) is 6.10 Å². The van der Waals surface area contributed by atoms with E-state index < -0.39 is 6.10 Å². The van der Waals surface area contributed by atoms with Gasteiger partial charge in [0.25, 0.3) is 5.91 Å². The number of pyridine rings is 1. The van der Waals surface area contributed by atoms with Crippen LogP contribution in [0.3, 0.4) is 0 Å².